The van der Waals surface area contributed by atoms with Crippen molar-refractivity contribution in [3.63, 3.8) is 0 Å². The van der Waals surface area contributed by atoms with Crippen molar-refractivity contribution in [2.24, 2.45) is 5.73 Å². The standard InChI is InChI=1S/C16H24BrN3O3/c17-14-2-3-15(23-12-16(18)21)13(10-14)11-19-4-1-5-20-6-8-22-9-7-20/h2-3,10,19H,1,4-9,11-12H2,(H2,18,21)/p+2. The zero-order valence-electron chi connectivity index (χ0n) is 13.4. The van der Waals surface area contributed by atoms with Gasteiger partial charge in [0.25, 0.3) is 5.91 Å². The minimum absolute atomic E-state index is 0.0883. The highest BCUT2D eigenvalue weighted by Gasteiger charge is 2.13. The highest BCUT2D eigenvalue weighted by Crippen LogP contribution is 2.22. The third-order valence-electron chi connectivity index (χ3n) is 3.90. The summed E-state index contributed by atoms with van der Waals surface area (Å²) in [5.74, 6) is 0.262. The predicted molar refractivity (Wildman–Crippen MR) is 90.3 cm³/mol. The zero-order valence-corrected chi connectivity index (χ0v) is 14.9. The van der Waals surface area contributed by atoms with Crippen molar-refractivity contribution in [3.05, 3.63) is 28.2 Å². The Hall–Kier alpha value is -1.15. The van der Waals surface area contributed by atoms with Gasteiger partial charge in [0, 0.05) is 16.5 Å². The van der Waals surface area contributed by atoms with Gasteiger partial charge >= 0.3 is 0 Å². The van der Waals surface area contributed by atoms with Crippen molar-refractivity contribution < 1.29 is 24.5 Å². The van der Waals surface area contributed by atoms with E-state index in [1.807, 2.05) is 18.2 Å². The summed E-state index contributed by atoms with van der Waals surface area (Å²) in [5, 5.41) is 2.28. The number of morpholine rings is 1. The number of nitrogens with two attached hydrogens (primary N) is 2. The van der Waals surface area contributed by atoms with E-state index >= 15 is 0 Å². The normalized spacial score (nSPS) is 15.5. The van der Waals surface area contributed by atoms with Crippen LogP contribution in [-0.4, -0.2) is 51.9 Å². The average molecular weight is 388 g/mol. The summed E-state index contributed by atoms with van der Waals surface area (Å²) in [5.41, 5.74) is 6.21. The predicted octanol–water partition coefficient (Wildman–Crippen LogP) is -1.32. The number of nitrogens with one attached hydrogen (secondary N) is 1. The second kappa shape index (κ2) is 9.87. The van der Waals surface area contributed by atoms with Crippen molar-refractivity contribution in [2.75, 3.05) is 46.0 Å². The minimum Gasteiger partial charge on any atom is -0.483 e. The molecule has 23 heavy (non-hydrogen) atoms. The van der Waals surface area contributed by atoms with Crippen LogP contribution in [0.4, 0.5) is 0 Å². The first-order valence-corrected chi connectivity index (χ1v) is 8.87. The lowest BCUT2D eigenvalue weighted by Gasteiger charge is -2.23. The van der Waals surface area contributed by atoms with Gasteiger partial charge in [-0.1, -0.05) is 15.9 Å². The Bertz CT molecular complexity index is 507. The molecule has 1 amide bonds. The van der Waals surface area contributed by atoms with E-state index in [0.717, 1.165) is 55.2 Å². The largest absolute Gasteiger partial charge is 0.483 e. The van der Waals surface area contributed by atoms with E-state index < -0.39 is 5.91 Å². The molecule has 1 aromatic rings. The fourth-order valence-corrected chi connectivity index (χ4v) is 3.07. The number of hydrogen-bond donors (Lipinski definition) is 3. The molecule has 0 spiro atoms. The lowest BCUT2D eigenvalue weighted by Crippen LogP contribution is -3.14. The number of hydrogen-bond acceptors (Lipinski definition) is 3. The van der Waals surface area contributed by atoms with E-state index in [9.17, 15) is 4.79 Å². The molecule has 1 aliphatic rings. The minimum atomic E-state index is -0.462. The van der Waals surface area contributed by atoms with Crippen LogP contribution in [0.15, 0.2) is 22.7 Å². The molecule has 1 fully saturated rings. The molecule has 0 radical (unpaired) electrons. The molecule has 0 aliphatic carbocycles. The van der Waals surface area contributed by atoms with Gasteiger partial charge in [-0.3, -0.25) is 4.79 Å². The van der Waals surface area contributed by atoms with Crippen LogP contribution in [0.2, 0.25) is 0 Å². The van der Waals surface area contributed by atoms with Crippen molar-refractivity contribution in [1.29, 1.82) is 0 Å². The highest BCUT2D eigenvalue weighted by molar-refractivity contribution is 9.10. The number of ether oxygens (including phenoxy) is 2. The third-order valence-corrected chi connectivity index (χ3v) is 4.39. The number of benzene rings is 1. The topological polar surface area (TPSA) is 82.6 Å². The Balaban J connectivity index is 1.73. The summed E-state index contributed by atoms with van der Waals surface area (Å²) >= 11 is 3.47. The van der Waals surface area contributed by atoms with Gasteiger partial charge < -0.3 is 25.4 Å². The molecule has 6 nitrogen and oxygen atoms in total. The van der Waals surface area contributed by atoms with E-state index in [-0.39, 0.29) is 6.61 Å². The number of carbonyl (C=O) groups is 1. The van der Waals surface area contributed by atoms with Crippen LogP contribution >= 0.6 is 15.9 Å². The van der Waals surface area contributed by atoms with Gasteiger partial charge in [-0.25, -0.2) is 0 Å². The third kappa shape index (κ3) is 6.87. The summed E-state index contributed by atoms with van der Waals surface area (Å²) in [7, 11) is 0. The molecule has 0 unspecified atom stereocenters. The highest BCUT2D eigenvalue weighted by atomic mass is 79.9. The van der Waals surface area contributed by atoms with Crippen molar-refractivity contribution >= 4 is 21.8 Å². The van der Waals surface area contributed by atoms with Crippen LogP contribution < -0.4 is 20.7 Å². The van der Waals surface area contributed by atoms with Gasteiger partial charge in [0.1, 0.15) is 25.4 Å². The molecule has 1 saturated heterocycles. The second-order valence-corrected chi connectivity index (χ2v) is 6.67. The Labute approximate surface area is 145 Å². The van der Waals surface area contributed by atoms with Crippen molar-refractivity contribution in [3.8, 4) is 5.75 Å². The maximum atomic E-state index is 10.9. The van der Waals surface area contributed by atoms with Gasteiger partial charge in [0.2, 0.25) is 0 Å². The van der Waals surface area contributed by atoms with Gasteiger partial charge in [-0.2, -0.15) is 0 Å². The Morgan fingerprint density at radius 3 is 2.91 bits per heavy atom. The monoisotopic (exact) mass is 387 g/mol. The Morgan fingerprint density at radius 1 is 1.39 bits per heavy atom. The molecule has 7 heteroatoms. The molecule has 0 saturated carbocycles. The molecule has 1 aliphatic heterocycles. The van der Waals surface area contributed by atoms with Crippen molar-refractivity contribution in [2.45, 2.75) is 13.0 Å². The molecular weight excluding hydrogens is 362 g/mol. The zero-order chi connectivity index (χ0) is 16.5. The molecule has 0 bridgehead atoms. The van der Waals surface area contributed by atoms with E-state index in [2.05, 4.69) is 21.2 Å². The first-order valence-electron chi connectivity index (χ1n) is 8.07. The van der Waals surface area contributed by atoms with Gasteiger partial charge in [0.15, 0.2) is 6.61 Å². The molecule has 0 atom stereocenters. The summed E-state index contributed by atoms with van der Waals surface area (Å²) in [6, 6.07) is 5.80. The van der Waals surface area contributed by atoms with Crippen LogP contribution in [-0.2, 0) is 16.1 Å². The van der Waals surface area contributed by atoms with Gasteiger partial charge in [0.05, 0.1) is 26.3 Å². The number of primary amides is 1. The summed E-state index contributed by atoms with van der Waals surface area (Å²) in [4.78, 5) is 12.5. The summed E-state index contributed by atoms with van der Waals surface area (Å²) in [6.45, 7) is 7.03. The van der Waals surface area contributed by atoms with Crippen LogP contribution in [0.3, 0.4) is 0 Å². The maximum Gasteiger partial charge on any atom is 0.255 e. The number of rotatable bonds is 9. The maximum absolute atomic E-state index is 10.9. The molecule has 5 N–H and O–H groups in total. The van der Waals surface area contributed by atoms with Crippen molar-refractivity contribution in [1.82, 2.24) is 0 Å². The molecule has 1 aromatic carbocycles. The van der Waals surface area contributed by atoms with Crippen LogP contribution in [0.5, 0.6) is 5.75 Å². The van der Waals surface area contributed by atoms with Crippen LogP contribution in [0, 0.1) is 0 Å². The first-order chi connectivity index (χ1) is 11.1. The molecule has 2 rings (SSSR count). The van der Waals surface area contributed by atoms with Crippen LogP contribution in [0.1, 0.15) is 12.0 Å². The quantitative estimate of drug-likeness (QED) is 0.459. The van der Waals surface area contributed by atoms with E-state index in [0.29, 0.717) is 0 Å². The second-order valence-electron chi connectivity index (χ2n) is 5.75. The first kappa shape index (κ1) is 18.2. The van der Waals surface area contributed by atoms with E-state index in [4.69, 9.17) is 15.2 Å². The molecule has 128 valence electrons. The Morgan fingerprint density at radius 2 is 2.17 bits per heavy atom. The fourth-order valence-electron chi connectivity index (χ4n) is 2.66. The summed E-state index contributed by atoms with van der Waals surface area (Å²) in [6.07, 6.45) is 1.18. The molecular formula is C16H26BrN3O3+2. The lowest BCUT2D eigenvalue weighted by atomic mass is 10.2. The Kier molecular flexibility index (Phi) is 7.81. The average Bonchev–Trinajstić information content (AvgIpc) is 2.54. The molecule has 0 aromatic heterocycles. The number of halogens is 1. The lowest BCUT2D eigenvalue weighted by molar-refractivity contribution is -0.909. The van der Waals surface area contributed by atoms with E-state index in [1.54, 1.807) is 4.90 Å². The smallest absolute Gasteiger partial charge is 0.255 e. The fraction of sp³-hybridized carbons (Fsp3) is 0.562. The number of quaternary nitrogens is 2. The number of amides is 1. The van der Waals surface area contributed by atoms with Gasteiger partial charge in [-0.05, 0) is 18.2 Å². The van der Waals surface area contributed by atoms with Crippen LogP contribution in [0.25, 0.3) is 0 Å². The summed E-state index contributed by atoms with van der Waals surface area (Å²) < 4.78 is 11.8. The SMILES string of the molecule is NC(=O)COc1ccc(Br)cc1C[NH2+]CCC[NH+]1CCOCC1. The van der Waals surface area contributed by atoms with E-state index in [1.165, 1.54) is 13.0 Å². The van der Waals surface area contributed by atoms with Gasteiger partial charge in [-0.15, -0.1) is 0 Å². The number of carbonyl (C=O) groups excluding carboxylic acids is 1. The molecule has 1 heterocycles.